The fourth-order valence-corrected chi connectivity index (χ4v) is 2.85. The lowest BCUT2D eigenvalue weighted by Gasteiger charge is -2.16. The van der Waals surface area contributed by atoms with Crippen LogP contribution in [0, 0.1) is 0 Å². The zero-order valence-corrected chi connectivity index (χ0v) is 10.2. The van der Waals surface area contributed by atoms with Crippen LogP contribution >= 0.6 is 11.6 Å². The molecule has 6 heteroatoms. The van der Waals surface area contributed by atoms with E-state index in [-0.39, 0.29) is 18.2 Å². The van der Waals surface area contributed by atoms with Crippen LogP contribution in [0.2, 0.25) is 0 Å². The quantitative estimate of drug-likeness (QED) is 0.749. The number of hydrogen-bond acceptors (Lipinski definition) is 3. The molecule has 0 saturated carbocycles. The van der Waals surface area contributed by atoms with Gasteiger partial charge >= 0.3 is 0 Å². The third-order valence-corrected chi connectivity index (χ3v) is 3.85. The fraction of sp³-hybridized carbons (Fsp3) is 0.400. The average Bonchev–Trinajstić information content (AvgIpc) is 2.27. The van der Waals surface area contributed by atoms with E-state index in [0.29, 0.717) is 0 Å². The smallest absolute Gasteiger partial charge is 0.213 e. The van der Waals surface area contributed by atoms with Crippen LogP contribution in [0.1, 0.15) is 11.6 Å². The van der Waals surface area contributed by atoms with Crippen LogP contribution in [-0.4, -0.2) is 31.8 Å². The molecule has 1 aromatic carbocycles. The standard InChI is InChI=1S/C10H14ClNO3S/c11-6-7-16(14,15)12-10(8-13)9-4-2-1-3-5-9/h1-5,10,12-13H,6-8H2/t10-/m0/s1. The highest BCUT2D eigenvalue weighted by molar-refractivity contribution is 7.89. The fourth-order valence-electron chi connectivity index (χ4n) is 1.27. The Labute approximate surface area is 100 Å². The molecule has 1 atom stereocenters. The van der Waals surface area contributed by atoms with Gasteiger partial charge in [-0.25, -0.2) is 13.1 Å². The van der Waals surface area contributed by atoms with Gasteiger partial charge in [0.25, 0.3) is 0 Å². The van der Waals surface area contributed by atoms with Crippen LogP contribution in [0.5, 0.6) is 0 Å². The number of alkyl halides is 1. The Morgan fingerprint density at radius 2 is 1.94 bits per heavy atom. The predicted octanol–water partition coefficient (Wildman–Crippen LogP) is 0.878. The Balaban J connectivity index is 2.78. The van der Waals surface area contributed by atoms with E-state index in [2.05, 4.69) is 4.72 Å². The molecule has 0 aromatic heterocycles. The zero-order chi connectivity index (χ0) is 12.0. The van der Waals surface area contributed by atoms with Crippen molar-refractivity contribution in [3.8, 4) is 0 Å². The first kappa shape index (κ1) is 13.4. The second kappa shape index (κ2) is 6.20. The van der Waals surface area contributed by atoms with E-state index in [1.165, 1.54) is 0 Å². The molecule has 0 unspecified atom stereocenters. The summed E-state index contributed by atoms with van der Waals surface area (Å²) in [5, 5.41) is 9.15. The second-order valence-corrected chi connectivity index (χ2v) is 5.52. The molecular weight excluding hydrogens is 250 g/mol. The largest absolute Gasteiger partial charge is 0.394 e. The van der Waals surface area contributed by atoms with E-state index >= 15 is 0 Å². The molecule has 1 rings (SSSR count). The Kier molecular flexibility index (Phi) is 5.21. The molecule has 0 radical (unpaired) electrons. The SMILES string of the molecule is O=S(=O)(CCCl)N[C@@H](CO)c1ccccc1. The van der Waals surface area contributed by atoms with Gasteiger partial charge in [0.1, 0.15) is 0 Å². The molecule has 0 spiro atoms. The normalized spacial score (nSPS) is 13.6. The van der Waals surface area contributed by atoms with Gasteiger partial charge in [0.2, 0.25) is 10.0 Å². The van der Waals surface area contributed by atoms with Crippen LogP contribution in [0.25, 0.3) is 0 Å². The number of halogens is 1. The molecule has 16 heavy (non-hydrogen) atoms. The summed E-state index contributed by atoms with van der Waals surface area (Å²) in [4.78, 5) is 0. The maximum absolute atomic E-state index is 11.5. The minimum absolute atomic E-state index is 0.0300. The topological polar surface area (TPSA) is 66.4 Å². The van der Waals surface area contributed by atoms with Crippen molar-refractivity contribution in [1.29, 1.82) is 0 Å². The summed E-state index contributed by atoms with van der Waals surface area (Å²) in [5.74, 6) is -0.125. The van der Waals surface area contributed by atoms with Crippen LogP contribution in [0.4, 0.5) is 0 Å². The molecule has 90 valence electrons. The van der Waals surface area contributed by atoms with Gasteiger partial charge in [-0.3, -0.25) is 0 Å². The molecule has 0 saturated heterocycles. The molecule has 0 aliphatic carbocycles. The van der Waals surface area contributed by atoms with Gasteiger partial charge in [-0.05, 0) is 5.56 Å². The molecule has 2 N–H and O–H groups in total. The highest BCUT2D eigenvalue weighted by Crippen LogP contribution is 2.12. The van der Waals surface area contributed by atoms with Gasteiger partial charge in [0.05, 0.1) is 18.4 Å². The Morgan fingerprint density at radius 3 is 2.44 bits per heavy atom. The lowest BCUT2D eigenvalue weighted by Crippen LogP contribution is -2.33. The Morgan fingerprint density at radius 1 is 1.31 bits per heavy atom. The third kappa shape index (κ3) is 4.09. The summed E-state index contributed by atoms with van der Waals surface area (Å²) in [5.41, 5.74) is 0.725. The highest BCUT2D eigenvalue weighted by Gasteiger charge is 2.17. The maximum Gasteiger partial charge on any atom is 0.213 e. The summed E-state index contributed by atoms with van der Waals surface area (Å²) in [7, 11) is -3.43. The van der Waals surface area contributed by atoms with Crippen molar-refractivity contribution in [3.05, 3.63) is 35.9 Å². The minimum atomic E-state index is -3.43. The number of rotatable bonds is 6. The van der Waals surface area contributed by atoms with Crippen LogP contribution in [0.15, 0.2) is 30.3 Å². The van der Waals surface area contributed by atoms with Gasteiger partial charge in [-0.1, -0.05) is 30.3 Å². The summed E-state index contributed by atoms with van der Waals surface area (Å²) in [6, 6.07) is 8.29. The van der Waals surface area contributed by atoms with Crippen molar-refractivity contribution in [1.82, 2.24) is 4.72 Å². The molecule has 0 bridgehead atoms. The third-order valence-electron chi connectivity index (χ3n) is 2.05. The van der Waals surface area contributed by atoms with Crippen LogP contribution in [0.3, 0.4) is 0 Å². The number of aliphatic hydroxyl groups excluding tert-OH is 1. The Bertz CT molecular complexity index is 407. The minimum Gasteiger partial charge on any atom is -0.394 e. The van der Waals surface area contributed by atoms with Crippen LogP contribution < -0.4 is 4.72 Å². The molecule has 0 fully saturated rings. The van der Waals surface area contributed by atoms with Gasteiger partial charge in [-0.15, -0.1) is 11.6 Å². The van der Waals surface area contributed by atoms with Crippen molar-refractivity contribution >= 4 is 21.6 Å². The van der Waals surface area contributed by atoms with E-state index in [9.17, 15) is 8.42 Å². The monoisotopic (exact) mass is 263 g/mol. The molecule has 0 amide bonds. The lowest BCUT2D eigenvalue weighted by atomic mass is 10.1. The number of benzene rings is 1. The first-order chi connectivity index (χ1) is 7.59. The number of hydrogen-bond donors (Lipinski definition) is 2. The number of aliphatic hydroxyl groups is 1. The van der Waals surface area contributed by atoms with E-state index in [0.717, 1.165) is 5.56 Å². The van der Waals surface area contributed by atoms with Gasteiger partial charge in [0.15, 0.2) is 0 Å². The van der Waals surface area contributed by atoms with Crippen molar-refractivity contribution in [2.75, 3.05) is 18.2 Å². The highest BCUT2D eigenvalue weighted by atomic mass is 35.5. The summed E-state index contributed by atoms with van der Waals surface area (Å²) < 4.78 is 25.3. The molecule has 0 heterocycles. The summed E-state index contributed by atoms with van der Waals surface area (Å²) in [6.45, 7) is -0.286. The van der Waals surface area contributed by atoms with Crippen molar-refractivity contribution in [3.63, 3.8) is 0 Å². The summed E-state index contributed by atoms with van der Waals surface area (Å²) in [6.07, 6.45) is 0. The Hall–Kier alpha value is -0.620. The zero-order valence-electron chi connectivity index (χ0n) is 8.64. The van der Waals surface area contributed by atoms with E-state index < -0.39 is 16.1 Å². The van der Waals surface area contributed by atoms with Crippen LogP contribution in [-0.2, 0) is 10.0 Å². The lowest BCUT2D eigenvalue weighted by molar-refractivity contribution is 0.259. The van der Waals surface area contributed by atoms with E-state index in [4.69, 9.17) is 16.7 Å². The van der Waals surface area contributed by atoms with E-state index in [1.807, 2.05) is 6.07 Å². The number of sulfonamides is 1. The molecule has 1 aromatic rings. The maximum atomic E-state index is 11.5. The molecular formula is C10H14ClNO3S. The first-order valence-electron chi connectivity index (χ1n) is 4.81. The van der Waals surface area contributed by atoms with Crippen molar-refractivity contribution in [2.24, 2.45) is 0 Å². The average molecular weight is 264 g/mol. The van der Waals surface area contributed by atoms with Gasteiger partial charge in [0, 0.05) is 5.88 Å². The van der Waals surface area contributed by atoms with Crippen molar-refractivity contribution in [2.45, 2.75) is 6.04 Å². The molecule has 0 aliphatic heterocycles. The predicted molar refractivity (Wildman–Crippen MR) is 63.9 cm³/mol. The summed E-state index contributed by atoms with van der Waals surface area (Å²) >= 11 is 5.38. The first-order valence-corrected chi connectivity index (χ1v) is 6.99. The van der Waals surface area contributed by atoms with Gasteiger partial charge in [-0.2, -0.15) is 0 Å². The number of nitrogens with one attached hydrogen (secondary N) is 1. The van der Waals surface area contributed by atoms with E-state index in [1.54, 1.807) is 24.3 Å². The molecule has 0 aliphatic rings. The second-order valence-electron chi connectivity index (χ2n) is 3.27. The molecule has 4 nitrogen and oxygen atoms in total. The van der Waals surface area contributed by atoms with Gasteiger partial charge < -0.3 is 5.11 Å². The van der Waals surface area contributed by atoms with Crippen molar-refractivity contribution < 1.29 is 13.5 Å².